The average molecular weight is 347 g/mol. The lowest BCUT2D eigenvalue weighted by atomic mass is 9.90. The van der Waals surface area contributed by atoms with E-state index < -0.39 is 0 Å². The molecule has 1 aromatic heterocycles. The third-order valence-corrected chi connectivity index (χ3v) is 5.60. The molecule has 2 N–H and O–H groups in total. The highest BCUT2D eigenvalue weighted by Crippen LogP contribution is 2.32. The van der Waals surface area contributed by atoms with Gasteiger partial charge >= 0.3 is 0 Å². The van der Waals surface area contributed by atoms with E-state index in [2.05, 4.69) is 30.2 Å². The van der Waals surface area contributed by atoms with Crippen molar-refractivity contribution in [1.82, 2.24) is 10.3 Å². The smallest absolute Gasteiger partial charge is 0.223 e. The quantitative estimate of drug-likeness (QED) is 0.758. The van der Waals surface area contributed by atoms with Crippen molar-refractivity contribution in [2.45, 2.75) is 64.8 Å². The van der Waals surface area contributed by atoms with Crippen LogP contribution in [0.2, 0.25) is 5.02 Å². The van der Waals surface area contributed by atoms with E-state index in [0.717, 1.165) is 55.5 Å². The van der Waals surface area contributed by atoms with Crippen LogP contribution in [0.4, 0.5) is 0 Å². The SMILES string of the molecule is CCCC[C@H](CC)C(=O)N[C@H]1CCc2[nH]c3c(Cl)cccc3c2C1. The molecule has 0 aliphatic heterocycles. The molecule has 4 heteroatoms. The van der Waals surface area contributed by atoms with Crippen LogP contribution in [0.15, 0.2) is 18.2 Å². The van der Waals surface area contributed by atoms with Crippen LogP contribution in [0.3, 0.4) is 0 Å². The topological polar surface area (TPSA) is 44.9 Å². The second-order valence-electron chi connectivity index (χ2n) is 6.94. The Balaban J connectivity index is 1.72. The summed E-state index contributed by atoms with van der Waals surface area (Å²) in [7, 11) is 0. The largest absolute Gasteiger partial charge is 0.357 e. The molecular weight excluding hydrogens is 320 g/mol. The Morgan fingerprint density at radius 1 is 1.42 bits per heavy atom. The van der Waals surface area contributed by atoms with Gasteiger partial charge in [-0.1, -0.05) is 50.4 Å². The molecule has 0 saturated carbocycles. The lowest BCUT2D eigenvalue weighted by molar-refractivity contribution is -0.126. The van der Waals surface area contributed by atoms with Crippen molar-refractivity contribution in [1.29, 1.82) is 0 Å². The van der Waals surface area contributed by atoms with Crippen LogP contribution in [0.5, 0.6) is 0 Å². The number of benzene rings is 1. The van der Waals surface area contributed by atoms with E-state index in [9.17, 15) is 4.79 Å². The molecule has 2 atom stereocenters. The molecular formula is C20H27ClN2O. The Hall–Kier alpha value is -1.48. The molecule has 0 fully saturated rings. The van der Waals surface area contributed by atoms with Gasteiger partial charge in [-0.15, -0.1) is 0 Å². The number of amides is 1. The van der Waals surface area contributed by atoms with E-state index in [1.165, 1.54) is 16.6 Å². The van der Waals surface area contributed by atoms with Gasteiger partial charge in [-0.05, 0) is 43.7 Å². The molecule has 2 aromatic rings. The van der Waals surface area contributed by atoms with Crippen molar-refractivity contribution in [3.05, 3.63) is 34.5 Å². The Labute approximate surface area is 149 Å². The minimum Gasteiger partial charge on any atom is -0.357 e. The molecule has 24 heavy (non-hydrogen) atoms. The number of unbranched alkanes of at least 4 members (excludes halogenated alkanes) is 1. The molecule has 0 saturated heterocycles. The Kier molecular flexibility index (Phi) is 5.50. The van der Waals surface area contributed by atoms with Crippen LogP contribution >= 0.6 is 11.6 Å². The average Bonchev–Trinajstić information content (AvgIpc) is 2.95. The number of fused-ring (bicyclic) bond motifs is 3. The summed E-state index contributed by atoms with van der Waals surface area (Å²) in [6, 6.07) is 6.28. The van der Waals surface area contributed by atoms with Crippen LogP contribution in [0, 0.1) is 5.92 Å². The first-order valence-electron chi connectivity index (χ1n) is 9.22. The van der Waals surface area contributed by atoms with Crippen molar-refractivity contribution < 1.29 is 4.79 Å². The highest BCUT2D eigenvalue weighted by Gasteiger charge is 2.26. The second kappa shape index (κ2) is 7.60. The van der Waals surface area contributed by atoms with Crippen LogP contribution in [0.25, 0.3) is 10.9 Å². The number of aromatic nitrogens is 1. The van der Waals surface area contributed by atoms with E-state index in [1.54, 1.807) is 0 Å². The van der Waals surface area contributed by atoms with E-state index >= 15 is 0 Å². The normalized spacial score (nSPS) is 18.4. The van der Waals surface area contributed by atoms with Crippen molar-refractivity contribution in [2.75, 3.05) is 0 Å². The van der Waals surface area contributed by atoms with E-state index in [0.29, 0.717) is 0 Å². The van der Waals surface area contributed by atoms with Gasteiger partial charge < -0.3 is 10.3 Å². The van der Waals surface area contributed by atoms with Gasteiger partial charge in [0.15, 0.2) is 0 Å². The van der Waals surface area contributed by atoms with Gasteiger partial charge in [-0.25, -0.2) is 0 Å². The Morgan fingerprint density at radius 2 is 2.25 bits per heavy atom. The number of aromatic amines is 1. The number of rotatable bonds is 6. The number of aryl methyl sites for hydroxylation is 1. The fourth-order valence-corrected chi connectivity index (χ4v) is 4.04. The van der Waals surface area contributed by atoms with Gasteiger partial charge in [0.05, 0.1) is 10.5 Å². The van der Waals surface area contributed by atoms with Crippen molar-refractivity contribution in [3.63, 3.8) is 0 Å². The molecule has 1 aliphatic carbocycles. The first-order chi connectivity index (χ1) is 11.6. The standard InChI is InChI=1S/C20H27ClN2O/c1-3-5-7-13(4-2)20(24)22-14-10-11-18-16(12-14)15-8-6-9-17(21)19(15)23-18/h6,8-9,13-14,23H,3-5,7,10-12H2,1-2H3,(H,22,24)/t13-,14-/m0/s1. The van der Waals surface area contributed by atoms with Crippen molar-refractivity contribution in [2.24, 2.45) is 5.92 Å². The van der Waals surface area contributed by atoms with Gasteiger partial charge in [0.25, 0.3) is 0 Å². The Morgan fingerprint density at radius 3 is 3.00 bits per heavy atom. The predicted molar refractivity (Wildman–Crippen MR) is 101 cm³/mol. The Bertz CT molecular complexity index is 722. The van der Waals surface area contributed by atoms with E-state index in [4.69, 9.17) is 11.6 Å². The maximum atomic E-state index is 12.6. The van der Waals surface area contributed by atoms with E-state index in [1.807, 2.05) is 12.1 Å². The number of halogens is 1. The summed E-state index contributed by atoms with van der Waals surface area (Å²) < 4.78 is 0. The zero-order chi connectivity index (χ0) is 17.1. The molecule has 0 spiro atoms. The zero-order valence-corrected chi connectivity index (χ0v) is 15.4. The van der Waals surface area contributed by atoms with Crippen LogP contribution in [0.1, 0.15) is 57.2 Å². The van der Waals surface area contributed by atoms with Gasteiger partial charge in [0.2, 0.25) is 5.91 Å². The predicted octanol–water partition coefficient (Wildman–Crippen LogP) is 5.01. The lowest BCUT2D eigenvalue weighted by Crippen LogP contribution is -2.41. The summed E-state index contributed by atoms with van der Waals surface area (Å²) in [5.41, 5.74) is 3.64. The zero-order valence-electron chi connectivity index (χ0n) is 14.6. The van der Waals surface area contributed by atoms with Crippen molar-refractivity contribution in [3.8, 4) is 0 Å². The highest BCUT2D eigenvalue weighted by molar-refractivity contribution is 6.35. The second-order valence-corrected chi connectivity index (χ2v) is 7.35. The summed E-state index contributed by atoms with van der Waals surface area (Å²) in [5, 5.41) is 5.28. The number of hydrogen-bond donors (Lipinski definition) is 2. The first-order valence-corrected chi connectivity index (χ1v) is 9.60. The molecule has 0 bridgehead atoms. The fourth-order valence-electron chi connectivity index (χ4n) is 3.82. The van der Waals surface area contributed by atoms with Crippen LogP contribution in [-0.4, -0.2) is 16.9 Å². The summed E-state index contributed by atoms with van der Waals surface area (Å²) >= 11 is 6.31. The summed E-state index contributed by atoms with van der Waals surface area (Å²) in [5.74, 6) is 0.390. The van der Waals surface area contributed by atoms with Gasteiger partial charge in [0.1, 0.15) is 0 Å². The van der Waals surface area contributed by atoms with E-state index in [-0.39, 0.29) is 17.9 Å². The minimum absolute atomic E-state index is 0.156. The maximum Gasteiger partial charge on any atom is 0.223 e. The van der Waals surface area contributed by atoms with Gasteiger partial charge in [-0.2, -0.15) is 0 Å². The van der Waals surface area contributed by atoms with Crippen LogP contribution in [-0.2, 0) is 17.6 Å². The summed E-state index contributed by atoms with van der Waals surface area (Å²) in [4.78, 5) is 16.1. The van der Waals surface area contributed by atoms with Crippen molar-refractivity contribution >= 4 is 28.4 Å². The third kappa shape index (κ3) is 3.46. The molecule has 1 aromatic carbocycles. The molecule has 1 heterocycles. The highest BCUT2D eigenvalue weighted by atomic mass is 35.5. The van der Waals surface area contributed by atoms with Gasteiger partial charge in [0, 0.05) is 23.0 Å². The number of carbonyl (C=O) groups excluding carboxylic acids is 1. The third-order valence-electron chi connectivity index (χ3n) is 5.29. The fraction of sp³-hybridized carbons (Fsp3) is 0.550. The number of H-pyrrole nitrogens is 1. The summed E-state index contributed by atoms with van der Waals surface area (Å²) in [6.45, 7) is 4.29. The molecule has 0 unspecified atom stereocenters. The van der Waals surface area contributed by atoms with Gasteiger partial charge in [-0.3, -0.25) is 4.79 Å². The molecule has 130 valence electrons. The number of carbonyl (C=O) groups is 1. The number of para-hydroxylation sites is 1. The molecule has 3 rings (SSSR count). The first kappa shape index (κ1) is 17.3. The molecule has 1 amide bonds. The molecule has 3 nitrogen and oxygen atoms in total. The maximum absolute atomic E-state index is 12.6. The molecule has 0 radical (unpaired) electrons. The number of nitrogens with one attached hydrogen (secondary N) is 2. The summed E-state index contributed by atoms with van der Waals surface area (Å²) in [6.07, 6.45) is 7.05. The number of hydrogen-bond acceptors (Lipinski definition) is 1. The minimum atomic E-state index is 0.156. The monoisotopic (exact) mass is 346 g/mol. The lowest BCUT2D eigenvalue weighted by Gasteiger charge is -2.26. The molecule has 1 aliphatic rings. The van der Waals surface area contributed by atoms with Crippen LogP contribution < -0.4 is 5.32 Å².